The molecule has 0 aromatic heterocycles. The van der Waals surface area contributed by atoms with Crippen molar-refractivity contribution in [1.82, 2.24) is 10.2 Å². The number of carbonyl (C=O) groups excluding carboxylic acids is 1. The van der Waals surface area contributed by atoms with Gasteiger partial charge in [-0.25, -0.2) is 0 Å². The first-order valence-corrected chi connectivity index (χ1v) is 11.5. The summed E-state index contributed by atoms with van der Waals surface area (Å²) in [5, 5.41) is 2.98. The van der Waals surface area contributed by atoms with Gasteiger partial charge in [-0.15, -0.1) is 0 Å². The first-order valence-electron chi connectivity index (χ1n) is 11.5. The predicted molar refractivity (Wildman–Crippen MR) is 126 cm³/mol. The van der Waals surface area contributed by atoms with E-state index in [1.165, 1.54) is 0 Å². The lowest BCUT2D eigenvalue weighted by atomic mass is 10.1. The van der Waals surface area contributed by atoms with Gasteiger partial charge < -0.3 is 19.5 Å². The number of amides is 1. The molecule has 1 fully saturated rings. The molecule has 0 spiro atoms. The van der Waals surface area contributed by atoms with E-state index < -0.39 is 0 Å². The Hall–Kier alpha value is -2.57. The van der Waals surface area contributed by atoms with Crippen LogP contribution in [0.3, 0.4) is 0 Å². The van der Waals surface area contributed by atoms with Crippen molar-refractivity contribution in [3.05, 3.63) is 59.7 Å². The summed E-state index contributed by atoms with van der Waals surface area (Å²) in [6.07, 6.45) is 2.16. The lowest BCUT2D eigenvalue weighted by Gasteiger charge is -2.31. The zero-order valence-corrected chi connectivity index (χ0v) is 19.5. The molecule has 1 saturated heterocycles. The molecule has 0 aliphatic carbocycles. The van der Waals surface area contributed by atoms with Crippen LogP contribution in [0.15, 0.2) is 48.5 Å². The number of likely N-dealkylation sites (N-methyl/N-ethyl adjacent to an activating group) is 1. The quantitative estimate of drug-likeness (QED) is 0.569. The maximum absolute atomic E-state index is 12.6. The summed E-state index contributed by atoms with van der Waals surface area (Å²) < 4.78 is 17.1. The van der Waals surface area contributed by atoms with Gasteiger partial charge in [0, 0.05) is 37.9 Å². The van der Waals surface area contributed by atoms with E-state index in [1.54, 1.807) is 12.1 Å². The molecule has 32 heavy (non-hydrogen) atoms. The Morgan fingerprint density at radius 3 is 2.56 bits per heavy atom. The summed E-state index contributed by atoms with van der Waals surface area (Å²) in [7, 11) is 2.15. The molecule has 0 saturated carbocycles. The summed E-state index contributed by atoms with van der Waals surface area (Å²) >= 11 is 0. The van der Waals surface area contributed by atoms with Crippen LogP contribution < -0.4 is 14.8 Å². The normalized spacial score (nSPS) is 14.5. The summed E-state index contributed by atoms with van der Waals surface area (Å²) in [5.74, 6) is 1.85. The van der Waals surface area contributed by atoms with Crippen molar-refractivity contribution >= 4 is 5.91 Å². The largest absolute Gasteiger partial charge is 0.493 e. The van der Waals surface area contributed by atoms with Gasteiger partial charge in [-0.1, -0.05) is 32.0 Å². The van der Waals surface area contributed by atoms with Crippen molar-refractivity contribution in [3.63, 3.8) is 0 Å². The Kier molecular flexibility index (Phi) is 9.38. The van der Waals surface area contributed by atoms with Crippen LogP contribution in [-0.2, 0) is 11.3 Å². The van der Waals surface area contributed by atoms with E-state index in [9.17, 15) is 4.79 Å². The number of benzene rings is 2. The van der Waals surface area contributed by atoms with E-state index in [2.05, 4.69) is 31.1 Å². The van der Waals surface area contributed by atoms with Gasteiger partial charge in [0.1, 0.15) is 18.1 Å². The molecular weight excluding hydrogens is 404 g/mol. The van der Waals surface area contributed by atoms with Gasteiger partial charge in [0.2, 0.25) is 0 Å². The Bertz CT molecular complexity index is 849. The lowest BCUT2D eigenvalue weighted by molar-refractivity contribution is 0.0392. The molecule has 1 N–H and O–H groups in total. The minimum atomic E-state index is -0.121. The second-order valence-corrected chi connectivity index (χ2v) is 8.74. The molecular formula is C26H36N2O4. The van der Waals surface area contributed by atoms with Crippen molar-refractivity contribution < 1.29 is 19.0 Å². The van der Waals surface area contributed by atoms with Crippen LogP contribution in [0.4, 0.5) is 0 Å². The van der Waals surface area contributed by atoms with E-state index >= 15 is 0 Å². The van der Waals surface area contributed by atoms with Crippen LogP contribution in [0, 0.1) is 5.92 Å². The molecule has 0 radical (unpaired) electrons. The standard InChI is InChI=1S/C26H36N2O4/c1-20(2)19-32-25-9-5-7-22(17-25)26(29)27-18-21-6-4-8-24(16-21)31-15-12-28(3)23-10-13-30-14-11-23/h4-9,16-17,20,23H,10-15,18-19H2,1-3H3,(H,27,29). The number of carbonyl (C=O) groups is 1. The van der Waals surface area contributed by atoms with Gasteiger partial charge >= 0.3 is 0 Å². The van der Waals surface area contributed by atoms with Gasteiger partial charge in [-0.3, -0.25) is 9.69 Å². The maximum atomic E-state index is 12.6. The molecule has 1 amide bonds. The number of hydrogen-bond donors (Lipinski definition) is 1. The first-order chi connectivity index (χ1) is 15.5. The summed E-state index contributed by atoms with van der Waals surface area (Å²) in [6, 6.07) is 15.8. The molecule has 6 nitrogen and oxygen atoms in total. The molecule has 3 rings (SSSR count). The third kappa shape index (κ3) is 7.84. The van der Waals surface area contributed by atoms with Crippen molar-refractivity contribution in [1.29, 1.82) is 0 Å². The molecule has 0 unspecified atom stereocenters. The zero-order chi connectivity index (χ0) is 22.8. The lowest BCUT2D eigenvalue weighted by Crippen LogP contribution is -2.38. The van der Waals surface area contributed by atoms with Crippen molar-refractivity contribution in [2.75, 3.05) is 40.0 Å². The topological polar surface area (TPSA) is 60.0 Å². The van der Waals surface area contributed by atoms with Gasteiger partial charge in [0.05, 0.1) is 6.61 Å². The predicted octanol–water partition coefficient (Wildman–Crippen LogP) is 4.14. The fourth-order valence-electron chi connectivity index (χ4n) is 3.64. The van der Waals surface area contributed by atoms with Crippen LogP contribution in [0.1, 0.15) is 42.6 Å². The van der Waals surface area contributed by atoms with Gasteiger partial charge in [-0.05, 0) is 61.7 Å². The van der Waals surface area contributed by atoms with Gasteiger partial charge in [0.15, 0.2) is 0 Å². The third-order valence-electron chi connectivity index (χ3n) is 5.56. The van der Waals surface area contributed by atoms with E-state index in [0.717, 1.165) is 43.9 Å². The van der Waals surface area contributed by atoms with Crippen LogP contribution in [0.25, 0.3) is 0 Å². The van der Waals surface area contributed by atoms with Crippen LogP contribution in [0.2, 0.25) is 0 Å². The molecule has 1 aliphatic heterocycles. The van der Waals surface area contributed by atoms with Crippen LogP contribution in [0.5, 0.6) is 11.5 Å². The number of nitrogens with one attached hydrogen (secondary N) is 1. The highest BCUT2D eigenvalue weighted by Gasteiger charge is 2.18. The molecule has 174 valence electrons. The van der Waals surface area contributed by atoms with Crippen LogP contribution >= 0.6 is 0 Å². The number of rotatable bonds is 11. The fourth-order valence-corrected chi connectivity index (χ4v) is 3.64. The molecule has 1 heterocycles. The van der Waals surface area contributed by atoms with Crippen molar-refractivity contribution in [2.45, 2.75) is 39.3 Å². The Balaban J connectivity index is 1.45. The van der Waals surface area contributed by atoms with E-state index in [4.69, 9.17) is 14.2 Å². The smallest absolute Gasteiger partial charge is 0.251 e. The van der Waals surface area contributed by atoms with E-state index in [-0.39, 0.29) is 5.91 Å². The summed E-state index contributed by atoms with van der Waals surface area (Å²) in [6.45, 7) is 8.46. The zero-order valence-electron chi connectivity index (χ0n) is 19.5. The first kappa shape index (κ1) is 24.1. The average Bonchev–Trinajstić information content (AvgIpc) is 2.82. The molecule has 0 bridgehead atoms. The van der Waals surface area contributed by atoms with Crippen molar-refractivity contribution in [3.8, 4) is 11.5 Å². The number of ether oxygens (including phenoxy) is 3. The number of hydrogen-bond acceptors (Lipinski definition) is 5. The maximum Gasteiger partial charge on any atom is 0.251 e. The minimum Gasteiger partial charge on any atom is -0.493 e. The second-order valence-electron chi connectivity index (χ2n) is 8.74. The Morgan fingerprint density at radius 2 is 1.81 bits per heavy atom. The summed E-state index contributed by atoms with van der Waals surface area (Å²) in [4.78, 5) is 14.9. The molecule has 6 heteroatoms. The molecule has 2 aromatic rings. The van der Waals surface area contributed by atoms with Gasteiger partial charge in [-0.2, -0.15) is 0 Å². The highest BCUT2D eigenvalue weighted by atomic mass is 16.5. The second kappa shape index (κ2) is 12.5. The van der Waals surface area contributed by atoms with Crippen LogP contribution in [-0.4, -0.2) is 56.9 Å². The molecule has 1 aliphatic rings. The Labute approximate surface area is 191 Å². The highest BCUT2D eigenvalue weighted by Crippen LogP contribution is 2.17. The minimum absolute atomic E-state index is 0.121. The number of nitrogens with zero attached hydrogens (tertiary/aromatic N) is 1. The van der Waals surface area contributed by atoms with E-state index in [0.29, 0.717) is 43.0 Å². The summed E-state index contributed by atoms with van der Waals surface area (Å²) in [5.41, 5.74) is 1.59. The monoisotopic (exact) mass is 440 g/mol. The SMILES string of the molecule is CC(C)COc1cccc(C(=O)NCc2cccc(OCCN(C)C3CCOCC3)c2)c1. The van der Waals surface area contributed by atoms with E-state index in [1.807, 2.05) is 36.4 Å². The van der Waals surface area contributed by atoms with Gasteiger partial charge in [0.25, 0.3) is 5.91 Å². The van der Waals surface area contributed by atoms with Crippen molar-refractivity contribution in [2.24, 2.45) is 5.92 Å². The average molecular weight is 441 g/mol. The molecule has 2 aromatic carbocycles. The highest BCUT2D eigenvalue weighted by molar-refractivity contribution is 5.94. The fraction of sp³-hybridized carbons (Fsp3) is 0.500. The molecule has 0 atom stereocenters. The Morgan fingerprint density at radius 1 is 1.09 bits per heavy atom. The third-order valence-corrected chi connectivity index (χ3v) is 5.56.